The zero-order valence-corrected chi connectivity index (χ0v) is 12.5. The summed E-state index contributed by atoms with van der Waals surface area (Å²) in [7, 11) is -1.99. The van der Waals surface area contributed by atoms with E-state index in [1.807, 2.05) is 0 Å². The van der Waals surface area contributed by atoms with Gasteiger partial charge in [0.25, 0.3) is 10.0 Å². The van der Waals surface area contributed by atoms with Crippen molar-refractivity contribution in [1.82, 2.24) is 13.9 Å². The summed E-state index contributed by atoms with van der Waals surface area (Å²) in [5, 5.41) is 9.56. The summed E-state index contributed by atoms with van der Waals surface area (Å²) in [6, 6.07) is 0. The summed E-state index contributed by atoms with van der Waals surface area (Å²) in [4.78, 5) is 3.87. The molecule has 1 atom stereocenters. The highest BCUT2D eigenvalue weighted by Crippen LogP contribution is 2.27. The van der Waals surface area contributed by atoms with Crippen molar-refractivity contribution in [2.75, 3.05) is 13.1 Å². The second kappa shape index (κ2) is 5.40. The third kappa shape index (κ3) is 2.79. The molecule has 0 aromatic carbocycles. The molecule has 1 aliphatic heterocycles. The zero-order chi connectivity index (χ0) is 14.2. The summed E-state index contributed by atoms with van der Waals surface area (Å²) in [5.74, 6) is 0.158. The molecule has 0 amide bonds. The molecule has 1 aliphatic rings. The van der Waals surface area contributed by atoms with Crippen LogP contribution in [-0.2, 0) is 17.1 Å². The minimum Gasteiger partial charge on any atom is -0.393 e. The predicted octanol–water partition coefficient (Wildman–Crippen LogP) is 0.855. The van der Waals surface area contributed by atoms with Crippen molar-refractivity contribution in [3.8, 4) is 0 Å². The van der Waals surface area contributed by atoms with Gasteiger partial charge in [-0.3, -0.25) is 0 Å². The van der Waals surface area contributed by atoms with Crippen LogP contribution in [0.5, 0.6) is 0 Å². The lowest BCUT2D eigenvalue weighted by atomic mass is 9.93. The Labute approximate surface area is 118 Å². The van der Waals surface area contributed by atoms with Crippen molar-refractivity contribution in [3.63, 3.8) is 0 Å². The van der Waals surface area contributed by atoms with Crippen molar-refractivity contribution in [2.24, 2.45) is 13.0 Å². The van der Waals surface area contributed by atoms with E-state index in [9.17, 15) is 13.5 Å². The van der Waals surface area contributed by atoms with Gasteiger partial charge in [-0.25, -0.2) is 13.4 Å². The summed E-state index contributed by atoms with van der Waals surface area (Å²) in [6.45, 7) is 2.53. The third-order valence-corrected chi connectivity index (χ3v) is 5.99. The molecule has 1 aromatic heterocycles. The van der Waals surface area contributed by atoms with E-state index in [2.05, 4.69) is 4.98 Å². The van der Waals surface area contributed by atoms with Crippen LogP contribution in [0.1, 0.15) is 19.8 Å². The van der Waals surface area contributed by atoms with Crippen molar-refractivity contribution >= 4 is 21.6 Å². The monoisotopic (exact) mass is 307 g/mol. The molecule has 6 nitrogen and oxygen atoms in total. The van der Waals surface area contributed by atoms with E-state index >= 15 is 0 Å². The predicted molar refractivity (Wildman–Crippen MR) is 71.4 cm³/mol. The number of imidazole rings is 1. The zero-order valence-electron chi connectivity index (χ0n) is 11.0. The molecule has 0 bridgehead atoms. The van der Waals surface area contributed by atoms with Gasteiger partial charge in [0, 0.05) is 20.1 Å². The van der Waals surface area contributed by atoms with Gasteiger partial charge in [-0.05, 0) is 25.7 Å². The van der Waals surface area contributed by atoms with E-state index in [-0.39, 0.29) is 16.1 Å². The summed E-state index contributed by atoms with van der Waals surface area (Å²) in [6.07, 6.45) is 2.30. The first-order valence-corrected chi connectivity index (χ1v) is 8.01. The largest absolute Gasteiger partial charge is 0.393 e. The smallest absolute Gasteiger partial charge is 0.263 e. The molecule has 19 heavy (non-hydrogen) atoms. The molecule has 2 heterocycles. The number of aryl methyl sites for hydroxylation is 1. The van der Waals surface area contributed by atoms with Crippen LogP contribution < -0.4 is 0 Å². The van der Waals surface area contributed by atoms with E-state index in [1.165, 1.54) is 15.2 Å². The van der Waals surface area contributed by atoms with Gasteiger partial charge in [-0.1, -0.05) is 11.6 Å². The van der Waals surface area contributed by atoms with Gasteiger partial charge in [-0.15, -0.1) is 0 Å². The fourth-order valence-corrected chi connectivity index (χ4v) is 4.15. The maximum absolute atomic E-state index is 12.4. The number of hydrogen-bond acceptors (Lipinski definition) is 4. The molecule has 108 valence electrons. The molecule has 1 fully saturated rings. The van der Waals surface area contributed by atoms with Crippen molar-refractivity contribution in [2.45, 2.75) is 30.9 Å². The van der Waals surface area contributed by atoms with Gasteiger partial charge in [0.1, 0.15) is 5.15 Å². The number of aliphatic hydroxyl groups is 1. The fourth-order valence-electron chi connectivity index (χ4n) is 2.29. The Hall–Kier alpha value is -0.630. The standard InChI is InChI=1S/C11H18ClN3O3S/c1-8(16)9-3-5-15(6-4-9)19(17,18)11-10(12)14(2)7-13-11/h7-9,16H,3-6H2,1-2H3. The number of sulfonamides is 1. The Morgan fingerprint density at radius 1 is 1.47 bits per heavy atom. The summed E-state index contributed by atoms with van der Waals surface area (Å²) >= 11 is 5.95. The van der Waals surface area contributed by atoms with Crippen LogP contribution >= 0.6 is 11.6 Å². The average molecular weight is 308 g/mol. The highest BCUT2D eigenvalue weighted by molar-refractivity contribution is 7.89. The quantitative estimate of drug-likeness (QED) is 0.898. The second-order valence-corrected chi connectivity index (χ2v) is 7.14. The third-order valence-electron chi connectivity index (χ3n) is 3.60. The number of rotatable bonds is 3. The number of aliphatic hydroxyl groups excluding tert-OH is 1. The highest BCUT2D eigenvalue weighted by atomic mass is 35.5. The Morgan fingerprint density at radius 2 is 2.05 bits per heavy atom. The van der Waals surface area contributed by atoms with E-state index in [1.54, 1.807) is 14.0 Å². The SMILES string of the molecule is CC(O)C1CCN(S(=O)(=O)c2ncn(C)c2Cl)CC1. The first-order valence-electron chi connectivity index (χ1n) is 6.19. The maximum atomic E-state index is 12.4. The molecule has 0 saturated carbocycles. The first kappa shape index (κ1) is 14.8. The van der Waals surface area contributed by atoms with E-state index in [0.29, 0.717) is 25.9 Å². The van der Waals surface area contributed by atoms with Crippen LogP contribution in [0.25, 0.3) is 0 Å². The van der Waals surface area contributed by atoms with Crippen LogP contribution in [0.3, 0.4) is 0 Å². The second-order valence-electron chi connectivity index (χ2n) is 4.93. The molecular weight excluding hydrogens is 290 g/mol. The summed E-state index contributed by atoms with van der Waals surface area (Å²) < 4.78 is 27.7. The lowest BCUT2D eigenvalue weighted by molar-refractivity contribution is 0.0911. The van der Waals surface area contributed by atoms with Gasteiger partial charge >= 0.3 is 0 Å². The van der Waals surface area contributed by atoms with Crippen molar-refractivity contribution in [3.05, 3.63) is 11.5 Å². The minimum absolute atomic E-state index is 0.0906. The normalized spacial score (nSPS) is 20.6. The van der Waals surface area contributed by atoms with Gasteiger partial charge in [0.15, 0.2) is 0 Å². The van der Waals surface area contributed by atoms with E-state index < -0.39 is 16.1 Å². The number of halogens is 1. The molecule has 0 spiro atoms. The molecule has 0 aliphatic carbocycles. The van der Waals surface area contributed by atoms with Crippen molar-refractivity contribution < 1.29 is 13.5 Å². The number of hydrogen-bond donors (Lipinski definition) is 1. The minimum atomic E-state index is -3.63. The van der Waals surface area contributed by atoms with E-state index in [4.69, 9.17) is 11.6 Å². The van der Waals surface area contributed by atoms with E-state index in [0.717, 1.165) is 0 Å². The summed E-state index contributed by atoms with van der Waals surface area (Å²) in [5.41, 5.74) is 0. The van der Waals surface area contributed by atoms with Gasteiger partial charge < -0.3 is 9.67 Å². The van der Waals surface area contributed by atoms with Crippen LogP contribution in [0.2, 0.25) is 5.15 Å². The van der Waals surface area contributed by atoms with Gasteiger partial charge in [0.2, 0.25) is 5.03 Å². The van der Waals surface area contributed by atoms with Crippen LogP contribution in [0.4, 0.5) is 0 Å². The molecular formula is C11H18ClN3O3S. The lowest BCUT2D eigenvalue weighted by Gasteiger charge is -2.32. The fraction of sp³-hybridized carbons (Fsp3) is 0.727. The molecule has 1 aromatic rings. The van der Waals surface area contributed by atoms with Crippen LogP contribution in [0.15, 0.2) is 11.4 Å². The Balaban J connectivity index is 2.17. The lowest BCUT2D eigenvalue weighted by Crippen LogP contribution is -2.40. The highest BCUT2D eigenvalue weighted by Gasteiger charge is 2.33. The number of piperidine rings is 1. The topological polar surface area (TPSA) is 75.4 Å². The number of aromatic nitrogens is 2. The van der Waals surface area contributed by atoms with Crippen LogP contribution in [0, 0.1) is 5.92 Å². The molecule has 1 N–H and O–H groups in total. The van der Waals surface area contributed by atoms with Gasteiger partial charge in [0.05, 0.1) is 12.4 Å². The first-order chi connectivity index (χ1) is 8.84. The van der Waals surface area contributed by atoms with Crippen LogP contribution in [-0.4, -0.2) is 46.6 Å². The Bertz CT molecular complexity index is 548. The average Bonchev–Trinajstić information content (AvgIpc) is 2.70. The number of nitrogens with zero attached hydrogens (tertiary/aromatic N) is 3. The Kier molecular flexibility index (Phi) is 4.20. The molecule has 0 radical (unpaired) electrons. The Morgan fingerprint density at radius 3 is 2.47 bits per heavy atom. The molecule has 1 unspecified atom stereocenters. The van der Waals surface area contributed by atoms with Crippen molar-refractivity contribution in [1.29, 1.82) is 0 Å². The molecule has 8 heteroatoms. The van der Waals surface area contributed by atoms with Gasteiger partial charge in [-0.2, -0.15) is 4.31 Å². The molecule has 1 saturated heterocycles. The maximum Gasteiger partial charge on any atom is 0.263 e. The molecule has 2 rings (SSSR count).